The molecule has 0 radical (unpaired) electrons. The first-order valence-corrected chi connectivity index (χ1v) is 9.53. The lowest BCUT2D eigenvalue weighted by Crippen LogP contribution is -2.11. The first kappa shape index (κ1) is 21.5. The molecule has 0 aliphatic rings. The van der Waals surface area contributed by atoms with Crippen LogP contribution in [-0.2, 0) is 14.3 Å². The highest BCUT2D eigenvalue weighted by Gasteiger charge is 2.10. The van der Waals surface area contributed by atoms with Gasteiger partial charge in [0, 0.05) is 12.8 Å². The summed E-state index contributed by atoms with van der Waals surface area (Å²) in [4.78, 5) is 23.4. The molecular formula is C20H29ClO4. The number of hydrogen-bond acceptors (Lipinski definition) is 4. The number of ether oxygens (including phenoxy) is 2. The van der Waals surface area contributed by atoms with Crippen molar-refractivity contribution in [3.63, 3.8) is 0 Å². The third kappa shape index (κ3) is 10.1. The lowest BCUT2D eigenvalue weighted by atomic mass is 10.1. The van der Waals surface area contributed by atoms with Gasteiger partial charge in [0.15, 0.2) is 0 Å². The van der Waals surface area contributed by atoms with E-state index in [1.165, 1.54) is 25.7 Å². The number of hydrogen-bond donors (Lipinski definition) is 0. The van der Waals surface area contributed by atoms with Crippen LogP contribution in [0.1, 0.15) is 70.3 Å². The Labute approximate surface area is 155 Å². The van der Waals surface area contributed by atoms with Gasteiger partial charge in [-0.2, -0.15) is 0 Å². The number of carbonyl (C=O) groups is 2. The maximum atomic E-state index is 11.8. The van der Waals surface area contributed by atoms with Crippen LogP contribution in [0.2, 0.25) is 5.02 Å². The zero-order chi connectivity index (χ0) is 18.5. The Bertz CT molecular complexity index is 542. The summed E-state index contributed by atoms with van der Waals surface area (Å²) in [6.45, 7) is 4.55. The molecule has 0 N–H and O–H groups in total. The minimum atomic E-state index is -0.392. The monoisotopic (exact) mass is 368 g/mol. The van der Waals surface area contributed by atoms with Gasteiger partial charge in [-0.15, -0.1) is 0 Å². The molecule has 5 heteroatoms. The van der Waals surface area contributed by atoms with Crippen LogP contribution < -0.4 is 4.74 Å². The number of carbonyl (C=O) groups excluding carboxylic acids is 2. The number of benzene rings is 1. The lowest BCUT2D eigenvalue weighted by Gasteiger charge is -2.07. The van der Waals surface area contributed by atoms with Crippen LogP contribution >= 0.6 is 11.6 Å². The van der Waals surface area contributed by atoms with Crippen molar-refractivity contribution in [1.29, 1.82) is 0 Å². The van der Waals surface area contributed by atoms with E-state index in [1.807, 2.05) is 13.0 Å². The van der Waals surface area contributed by atoms with Gasteiger partial charge in [-0.1, -0.05) is 56.7 Å². The highest BCUT2D eigenvalue weighted by atomic mass is 35.5. The third-order valence-electron chi connectivity index (χ3n) is 3.83. The fraction of sp³-hybridized carbons (Fsp3) is 0.600. The molecule has 0 amide bonds. The Morgan fingerprint density at radius 3 is 2.40 bits per heavy atom. The molecule has 0 aliphatic heterocycles. The Balaban J connectivity index is 2.10. The molecule has 0 unspecified atom stereocenters. The van der Waals surface area contributed by atoms with Gasteiger partial charge < -0.3 is 9.47 Å². The maximum absolute atomic E-state index is 11.8. The van der Waals surface area contributed by atoms with Crippen LogP contribution in [0.15, 0.2) is 18.2 Å². The Kier molecular flexibility index (Phi) is 11.0. The fourth-order valence-corrected chi connectivity index (χ4v) is 2.54. The van der Waals surface area contributed by atoms with Crippen molar-refractivity contribution in [3.8, 4) is 5.75 Å². The van der Waals surface area contributed by atoms with Crippen molar-refractivity contribution in [1.82, 2.24) is 0 Å². The molecule has 4 nitrogen and oxygen atoms in total. The second-order valence-corrected chi connectivity index (χ2v) is 6.66. The fourth-order valence-electron chi connectivity index (χ4n) is 2.38. The molecule has 1 rings (SSSR count). The van der Waals surface area contributed by atoms with Gasteiger partial charge in [0.25, 0.3) is 0 Å². The average Bonchev–Trinajstić information content (AvgIpc) is 2.57. The number of halogens is 1. The summed E-state index contributed by atoms with van der Waals surface area (Å²) in [6.07, 6.45) is 7.74. The van der Waals surface area contributed by atoms with Crippen LogP contribution in [0.3, 0.4) is 0 Å². The minimum Gasteiger partial charge on any atom is -0.466 e. The maximum Gasteiger partial charge on any atom is 0.311 e. The number of aryl methyl sites for hydroxylation is 1. The van der Waals surface area contributed by atoms with Crippen LogP contribution in [0.4, 0.5) is 0 Å². The molecule has 0 fully saturated rings. The Hall–Kier alpha value is -1.55. The number of rotatable bonds is 12. The van der Waals surface area contributed by atoms with Gasteiger partial charge >= 0.3 is 11.9 Å². The molecule has 140 valence electrons. The summed E-state index contributed by atoms with van der Waals surface area (Å²) in [7, 11) is 0. The summed E-state index contributed by atoms with van der Waals surface area (Å²) in [5.41, 5.74) is 0.963. The largest absolute Gasteiger partial charge is 0.466 e. The number of unbranched alkanes of at least 4 members (excludes halogenated alkanes) is 5. The quantitative estimate of drug-likeness (QED) is 0.272. The van der Waals surface area contributed by atoms with Crippen molar-refractivity contribution >= 4 is 23.5 Å². The molecule has 0 aliphatic carbocycles. The standard InChI is InChI=1S/C20H29ClO4/c1-3-4-5-6-7-8-14-24-19(22)10-9-11-20(23)25-18-15-16(2)12-13-17(18)21/h12-13,15H,3-11,14H2,1-2H3. The van der Waals surface area contributed by atoms with E-state index in [1.54, 1.807) is 12.1 Å². The molecule has 0 aromatic heterocycles. The Morgan fingerprint density at radius 2 is 1.64 bits per heavy atom. The van der Waals surface area contributed by atoms with Gasteiger partial charge in [-0.3, -0.25) is 9.59 Å². The predicted octanol–water partition coefficient (Wildman–Crippen LogP) is 5.63. The van der Waals surface area contributed by atoms with Crippen LogP contribution in [-0.4, -0.2) is 18.5 Å². The summed E-state index contributed by atoms with van der Waals surface area (Å²) in [6, 6.07) is 5.26. The van der Waals surface area contributed by atoms with Gasteiger partial charge in [0.2, 0.25) is 0 Å². The Morgan fingerprint density at radius 1 is 0.960 bits per heavy atom. The highest BCUT2D eigenvalue weighted by Crippen LogP contribution is 2.25. The topological polar surface area (TPSA) is 52.6 Å². The van der Waals surface area contributed by atoms with E-state index in [0.29, 0.717) is 23.8 Å². The molecule has 1 aromatic rings. The average molecular weight is 369 g/mol. The van der Waals surface area contributed by atoms with E-state index in [0.717, 1.165) is 18.4 Å². The minimum absolute atomic E-state index is 0.163. The third-order valence-corrected chi connectivity index (χ3v) is 4.15. The van der Waals surface area contributed by atoms with E-state index in [9.17, 15) is 9.59 Å². The van der Waals surface area contributed by atoms with Gasteiger partial charge in [0.05, 0.1) is 11.6 Å². The molecule has 0 heterocycles. The van der Waals surface area contributed by atoms with Crippen LogP contribution in [0.5, 0.6) is 5.75 Å². The first-order valence-electron chi connectivity index (χ1n) is 9.15. The summed E-state index contributed by atoms with van der Waals surface area (Å²) in [5, 5.41) is 0.400. The smallest absolute Gasteiger partial charge is 0.311 e. The second-order valence-electron chi connectivity index (χ2n) is 6.25. The molecule has 1 aromatic carbocycles. The summed E-state index contributed by atoms with van der Waals surface area (Å²) >= 11 is 5.98. The summed E-state index contributed by atoms with van der Waals surface area (Å²) in [5.74, 6) is -0.288. The van der Waals surface area contributed by atoms with Gasteiger partial charge in [0.1, 0.15) is 5.75 Å². The van der Waals surface area contributed by atoms with E-state index >= 15 is 0 Å². The number of esters is 2. The van der Waals surface area contributed by atoms with Crippen molar-refractivity contribution < 1.29 is 19.1 Å². The van der Waals surface area contributed by atoms with E-state index in [-0.39, 0.29) is 18.8 Å². The lowest BCUT2D eigenvalue weighted by molar-refractivity contribution is -0.144. The molecule has 0 spiro atoms. The highest BCUT2D eigenvalue weighted by molar-refractivity contribution is 6.32. The molecule has 0 saturated carbocycles. The molecular weight excluding hydrogens is 340 g/mol. The van der Waals surface area contributed by atoms with E-state index in [4.69, 9.17) is 21.1 Å². The summed E-state index contributed by atoms with van der Waals surface area (Å²) < 4.78 is 10.4. The molecule has 0 saturated heterocycles. The first-order chi connectivity index (χ1) is 12.0. The molecule has 25 heavy (non-hydrogen) atoms. The van der Waals surface area contributed by atoms with E-state index in [2.05, 4.69) is 6.92 Å². The normalized spacial score (nSPS) is 10.5. The predicted molar refractivity (Wildman–Crippen MR) is 100 cm³/mol. The zero-order valence-electron chi connectivity index (χ0n) is 15.3. The second kappa shape index (κ2) is 12.8. The van der Waals surface area contributed by atoms with Crippen LogP contribution in [0, 0.1) is 6.92 Å². The zero-order valence-corrected chi connectivity index (χ0v) is 16.1. The van der Waals surface area contributed by atoms with Crippen molar-refractivity contribution in [2.75, 3.05) is 6.61 Å². The van der Waals surface area contributed by atoms with Crippen molar-refractivity contribution in [3.05, 3.63) is 28.8 Å². The van der Waals surface area contributed by atoms with Crippen molar-refractivity contribution in [2.45, 2.75) is 71.6 Å². The molecule has 0 atom stereocenters. The SMILES string of the molecule is CCCCCCCCOC(=O)CCCC(=O)Oc1cc(C)ccc1Cl. The van der Waals surface area contributed by atoms with Crippen LogP contribution in [0.25, 0.3) is 0 Å². The van der Waals surface area contributed by atoms with Gasteiger partial charge in [-0.25, -0.2) is 0 Å². The van der Waals surface area contributed by atoms with Crippen molar-refractivity contribution in [2.24, 2.45) is 0 Å². The van der Waals surface area contributed by atoms with Gasteiger partial charge in [-0.05, 0) is 37.5 Å². The molecule has 0 bridgehead atoms. The van der Waals surface area contributed by atoms with E-state index < -0.39 is 5.97 Å².